The molecule has 11 heteroatoms. The number of alkyl halides is 3. The van der Waals surface area contributed by atoms with Gasteiger partial charge in [0.25, 0.3) is 0 Å². The maximum absolute atomic E-state index is 12.4. The SMILES string of the molecule is CCOc1cc(Cl)ccc1C(Nc1cc(OC)cc(S(C)(=O)=O)c1)C(C)=O.Cc1cc(C(F)(F)F)ccc1CCC(C)C. The predicted octanol–water partition coefficient (Wildman–Crippen LogP) is 8.50. The topological polar surface area (TPSA) is 81.7 Å². The fraction of sp³-hybridized carbons (Fsp3) is 0.406. The second-order valence-electron chi connectivity index (χ2n) is 10.5. The van der Waals surface area contributed by atoms with Gasteiger partial charge in [0, 0.05) is 28.6 Å². The van der Waals surface area contributed by atoms with Crippen molar-refractivity contribution in [2.75, 3.05) is 25.3 Å². The smallest absolute Gasteiger partial charge is 0.416 e. The molecule has 0 bridgehead atoms. The number of nitrogens with one attached hydrogen (secondary N) is 1. The van der Waals surface area contributed by atoms with E-state index in [1.807, 2.05) is 6.92 Å². The van der Waals surface area contributed by atoms with E-state index in [9.17, 15) is 26.4 Å². The lowest BCUT2D eigenvalue weighted by atomic mass is 9.97. The number of halogens is 4. The van der Waals surface area contributed by atoms with E-state index in [0.29, 0.717) is 40.3 Å². The van der Waals surface area contributed by atoms with Crippen LogP contribution >= 0.6 is 11.6 Å². The van der Waals surface area contributed by atoms with Crippen LogP contribution in [0.15, 0.2) is 59.5 Å². The molecule has 3 rings (SSSR count). The monoisotopic (exact) mass is 641 g/mol. The molecule has 0 aliphatic carbocycles. The highest BCUT2D eigenvalue weighted by Crippen LogP contribution is 2.34. The van der Waals surface area contributed by atoms with Gasteiger partial charge in [-0.3, -0.25) is 4.79 Å². The van der Waals surface area contributed by atoms with Gasteiger partial charge in [0.05, 0.1) is 24.2 Å². The lowest BCUT2D eigenvalue weighted by molar-refractivity contribution is -0.137. The third-order valence-corrected chi connectivity index (χ3v) is 7.84. The van der Waals surface area contributed by atoms with Crippen LogP contribution in [0.3, 0.4) is 0 Å². The van der Waals surface area contributed by atoms with E-state index in [1.165, 1.54) is 38.3 Å². The van der Waals surface area contributed by atoms with E-state index in [-0.39, 0.29) is 10.7 Å². The first-order chi connectivity index (χ1) is 20.0. The number of hydrogen-bond donors (Lipinski definition) is 1. The number of anilines is 1. The minimum atomic E-state index is -4.23. The van der Waals surface area contributed by atoms with Crippen LogP contribution in [0.4, 0.5) is 18.9 Å². The average Bonchev–Trinajstić information content (AvgIpc) is 2.90. The number of carbonyl (C=O) groups excluding carboxylic acids is 1. The van der Waals surface area contributed by atoms with Crippen LogP contribution in [-0.4, -0.2) is 34.2 Å². The summed E-state index contributed by atoms with van der Waals surface area (Å²) in [6, 6.07) is 12.8. The maximum Gasteiger partial charge on any atom is 0.416 e. The molecule has 0 aliphatic rings. The van der Waals surface area contributed by atoms with Crippen LogP contribution in [0, 0.1) is 12.8 Å². The first kappa shape index (κ1) is 36.0. The Kier molecular flexibility index (Phi) is 12.9. The van der Waals surface area contributed by atoms with Gasteiger partial charge < -0.3 is 14.8 Å². The van der Waals surface area contributed by atoms with Crippen LogP contribution in [0.1, 0.15) is 62.4 Å². The zero-order valence-electron chi connectivity index (χ0n) is 25.4. The zero-order chi connectivity index (χ0) is 32.5. The number of sulfone groups is 1. The Labute approximate surface area is 257 Å². The van der Waals surface area contributed by atoms with Gasteiger partial charge in [-0.1, -0.05) is 37.6 Å². The molecule has 3 aromatic rings. The summed E-state index contributed by atoms with van der Waals surface area (Å²) in [5, 5.41) is 3.57. The number of aryl methyl sites for hydroxylation is 2. The molecule has 43 heavy (non-hydrogen) atoms. The average molecular weight is 642 g/mol. The van der Waals surface area contributed by atoms with Crippen LogP contribution in [-0.2, 0) is 27.2 Å². The Hall–Kier alpha value is -3.24. The standard InChI is InChI=1S/C19H22ClNO5S.C13H17F3/c1-5-26-18-8-13(20)6-7-17(18)19(12(2)22)21-14-9-15(25-3)11-16(10-14)27(4,23)24;1-9(2)4-5-11-6-7-12(8-10(11)3)13(14,15)16/h6-11,19,21H,5H2,1-4H3;6-9H,4-5H2,1-3H3. The summed E-state index contributed by atoms with van der Waals surface area (Å²) in [5.41, 5.74) is 2.24. The van der Waals surface area contributed by atoms with Gasteiger partial charge in [-0.05, 0) is 87.1 Å². The van der Waals surface area contributed by atoms with Gasteiger partial charge in [-0.2, -0.15) is 13.2 Å². The van der Waals surface area contributed by atoms with Gasteiger partial charge in [0.2, 0.25) is 0 Å². The van der Waals surface area contributed by atoms with Gasteiger partial charge >= 0.3 is 6.18 Å². The molecular weight excluding hydrogens is 603 g/mol. The van der Waals surface area contributed by atoms with E-state index >= 15 is 0 Å². The molecule has 0 saturated heterocycles. The molecule has 0 spiro atoms. The first-order valence-corrected chi connectivity index (χ1v) is 16.0. The molecule has 1 N–H and O–H groups in total. The number of ketones is 1. The number of Topliss-reactive ketones (excluding diaryl/α,β-unsaturated/α-hetero) is 1. The Morgan fingerprint density at radius 1 is 1.05 bits per heavy atom. The van der Waals surface area contributed by atoms with E-state index in [1.54, 1.807) is 37.3 Å². The second kappa shape index (κ2) is 15.5. The van der Waals surface area contributed by atoms with Crippen molar-refractivity contribution in [1.82, 2.24) is 0 Å². The van der Waals surface area contributed by atoms with E-state index < -0.39 is 27.6 Å². The van der Waals surface area contributed by atoms with Crippen molar-refractivity contribution in [3.63, 3.8) is 0 Å². The normalized spacial score (nSPS) is 12.3. The highest BCUT2D eigenvalue weighted by atomic mass is 35.5. The Morgan fingerprint density at radius 3 is 2.23 bits per heavy atom. The van der Waals surface area contributed by atoms with E-state index in [4.69, 9.17) is 21.1 Å². The van der Waals surface area contributed by atoms with Crippen molar-refractivity contribution in [3.05, 3.63) is 81.9 Å². The Bertz CT molecular complexity index is 1510. The summed E-state index contributed by atoms with van der Waals surface area (Å²) in [6.45, 7) is 9.65. The van der Waals surface area contributed by atoms with Crippen molar-refractivity contribution < 1.29 is 35.9 Å². The molecule has 0 radical (unpaired) electrons. The molecule has 0 saturated carbocycles. The summed E-state index contributed by atoms with van der Waals surface area (Å²) in [6.07, 6.45) is -1.27. The van der Waals surface area contributed by atoms with Crippen LogP contribution < -0.4 is 14.8 Å². The fourth-order valence-electron chi connectivity index (χ4n) is 4.18. The lowest BCUT2D eigenvalue weighted by Gasteiger charge is -2.21. The molecule has 236 valence electrons. The van der Waals surface area contributed by atoms with Crippen LogP contribution in [0.5, 0.6) is 11.5 Å². The highest BCUT2D eigenvalue weighted by molar-refractivity contribution is 7.90. The van der Waals surface area contributed by atoms with Gasteiger partial charge in [0.1, 0.15) is 17.5 Å². The largest absolute Gasteiger partial charge is 0.497 e. The van der Waals surface area contributed by atoms with Crippen molar-refractivity contribution in [2.24, 2.45) is 5.92 Å². The third-order valence-electron chi connectivity index (χ3n) is 6.51. The molecular formula is C32H39ClF3NO5S. The molecule has 0 amide bonds. The lowest BCUT2D eigenvalue weighted by Crippen LogP contribution is -2.20. The zero-order valence-corrected chi connectivity index (χ0v) is 27.0. The van der Waals surface area contributed by atoms with Crippen molar-refractivity contribution in [3.8, 4) is 11.5 Å². The van der Waals surface area contributed by atoms with Crippen molar-refractivity contribution in [1.29, 1.82) is 0 Å². The van der Waals surface area contributed by atoms with Gasteiger partial charge in [-0.15, -0.1) is 0 Å². The second-order valence-corrected chi connectivity index (χ2v) is 13.0. The highest BCUT2D eigenvalue weighted by Gasteiger charge is 2.30. The van der Waals surface area contributed by atoms with Crippen LogP contribution in [0.25, 0.3) is 0 Å². The van der Waals surface area contributed by atoms with E-state index in [2.05, 4.69) is 19.2 Å². The van der Waals surface area contributed by atoms with Crippen LogP contribution in [0.2, 0.25) is 5.02 Å². The molecule has 6 nitrogen and oxygen atoms in total. The minimum Gasteiger partial charge on any atom is -0.497 e. The molecule has 3 aromatic carbocycles. The number of hydrogen-bond acceptors (Lipinski definition) is 6. The number of benzene rings is 3. The van der Waals surface area contributed by atoms with E-state index in [0.717, 1.165) is 30.2 Å². The third kappa shape index (κ3) is 11.1. The van der Waals surface area contributed by atoms with Gasteiger partial charge in [0.15, 0.2) is 15.6 Å². The minimum absolute atomic E-state index is 0.0905. The molecule has 0 fully saturated rings. The van der Waals surface area contributed by atoms with Gasteiger partial charge in [-0.25, -0.2) is 8.42 Å². The summed E-state index contributed by atoms with van der Waals surface area (Å²) in [5.74, 6) is 1.26. The summed E-state index contributed by atoms with van der Waals surface area (Å²) >= 11 is 6.04. The number of rotatable bonds is 11. The summed E-state index contributed by atoms with van der Waals surface area (Å²) in [7, 11) is -2.00. The van der Waals surface area contributed by atoms with Crippen molar-refractivity contribution >= 4 is 32.9 Å². The molecule has 0 aliphatic heterocycles. The molecule has 0 aromatic heterocycles. The number of methoxy groups -OCH3 is 1. The number of ether oxygens (including phenoxy) is 2. The molecule has 1 unspecified atom stereocenters. The van der Waals surface area contributed by atoms with Crippen molar-refractivity contribution in [2.45, 2.75) is 64.6 Å². The quantitative estimate of drug-likeness (QED) is 0.226. The Morgan fingerprint density at radius 2 is 1.72 bits per heavy atom. The fourth-order valence-corrected chi connectivity index (χ4v) is 5.01. The Balaban J connectivity index is 0.000000344. The molecule has 0 heterocycles. The molecule has 1 atom stereocenters. The maximum atomic E-state index is 12.4. The first-order valence-electron chi connectivity index (χ1n) is 13.7. The summed E-state index contributed by atoms with van der Waals surface area (Å²) in [4.78, 5) is 12.4. The predicted molar refractivity (Wildman–Crippen MR) is 165 cm³/mol. The summed E-state index contributed by atoms with van der Waals surface area (Å²) < 4.78 is 71.9. The number of carbonyl (C=O) groups is 1.